The van der Waals surface area contributed by atoms with Gasteiger partial charge in [0.25, 0.3) is 0 Å². The lowest BCUT2D eigenvalue weighted by Gasteiger charge is -2.13. The van der Waals surface area contributed by atoms with Gasteiger partial charge in [0.1, 0.15) is 5.82 Å². The Morgan fingerprint density at radius 2 is 2.28 bits per heavy atom. The molecule has 1 aromatic heterocycles. The van der Waals surface area contributed by atoms with Crippen LogP contribution in [0, 0.1) is 0 Å². The number of amides is 1. The minimum absolute atomic E-state index is 0.0558. The summed E-state index contributed by atoms with van der Waals surface area (Å²) in [5, 5.41) is 6.10. The molecule has 2 N–H and O–H groups in total. The molecule has 5 nitrogen and oxygen atoms in total. The van der Waals surface area contributed by atoms with E-state index in [1.165, 1.54) is 6.42 Å². The molecule has 0 radical (unpaired) electrons. The van der Waals surface area contributed by atoms with Crippen LogP contribution in [-0.2, 0) is 18.4 Å². The summed E-state index contributed by atoms with van der Waals surface area (Å²) >= 11 is 0. The fourth-order valence-electron chi connectivity index (χ4n) is 1.64. The van der Waals surface area contributed by atoms with Crippen molar-refractivity contribution in [2.75, 3.05) is 6.54 Å². The molecule has 1 atom stereocenters. The van der Waals surface area contributed by atoms with E-state index in [9.17, 15) is 4.79 Å². The molecule has 0 saturated heterocycles. The maximum absolute atomic E-state index is 11.7. The highest BCUT2D eigenvalue weighted by atomic mass is 16.2. The van der Waals surface area contributed by atoms with Crippen molar-refractivity contribution in [3.8, 4) is 0 Å². The van der Waals surface area contributed by atoms with Crippen LogP contribution < -0.4 is 10.6 Å². The second kappa shape index (κ2) is 7.87. The minimum atomic E-state index is -0.191. The molecule has 0 bridgehead atoms. The summed E-state index contributed by atoms with van der Waals surface area (Å²) in [5.41, 5.74) is 0. The number of rotatable bonds is 8. The molecule has 102 valence electrons. The molecular formula is C13H24N4O. The van der Waals surface area contributed by atoms with E-state index in [0.29, 0.717) is 6.54 Å². The number of hydrogen-bond acceptors (Lipinski definition) is 3. The number of nitrogens with one attached hydrogen (secondary N) is 2. The van der Waals surface area contributed by atoms with Crippen molar-refractivity contribution < 1.29 is 4.79 Å². The van der Waals surface area contributed by atoms with E-state index in [-0.39, 0.29) is 11.9 Å². The Morgan fingerprint density at radius 1 is 1.50 bits per heavy atom. The fourth-order valence-corrected chi connectivity index (χ4v) is 1.64. The molecular weight excluding hydrogens is 228 g/mol. The van der Waals surface area contributed by atoms with Crippen molar-refractivity contribution in [3.63, 3.8) is 0 Å². The van der Waals surface area contributed by atoms with E-state index in [2.05, 4.69) is 22.5 Å². The zero-order chi connectivity index (χ0) is 13.4. The molecule has 0 aliphatic carbocycles. The molecule has 1 aromatic rings. The molecule has 0 saturated carbocycles. The Hall–Kier alpha value is -1.36. The third-order valence-corrected chi connectivity index (χ3v) is 2.96. The number of aryl methyl sites for hydroxylation is 1. The molecule has 1 unspecified atom stereocenters. The van der Waals surface area contributed by atoms with Crippen LogP contribution in [0.5, 0.6) is 0 Å². The highest BCUT2D eigenvalue weighted by Gasteiger charge is 2.12. The van der Waals surface area contributed by atoms with Crippen LogP contribution in [0.15, 0.2) is 12.4 Å². The first-order chi connectivity index (χ1) is 8.65. The fraction of sp³-hybridized carbons (Fsp3) is 0.692. The number of carbonyl (C=O) groups excluding carboxylic acids is 1. The van der Waals surface area contributed by atoms with Crippen molar-refractivity contribution in [3.05, 3.63) is 18.2 Å². The molecule has 0 fully saturated rings. The van der Waals surface area contributed by atoms with E-state index in [4.69, 9.17) is 0 Å². The first-order valence-electron chi connectivity index (χ1n) is 6.62. The summed E-state index contributed by atoms with van der Waals surface area (Å²) in [6, 6.07) is -0.191. The summed E-state index contributed by atoms with van der Waals surface area (Å²) in [5.74, 6) is 0.987. The lowest BCUT2D eigenvalue weighted by Crippen LogP contribution is -2.42. The van der Waals surface area contributed by atoms with Gasteiger partial charge in [-0.1, -0.05) is 19.8 Å². The average Bonchev–Trinajstić information content (AvgIpc) is 2.77. The Labute approximate surface area is 109 Å². The smallest absolute Gasteiger partial charge is 0.236 e. The van der Waals surface area contributed by atoms with Crippen LogP contribution in [-0.4, -0.2) is 28.0 Å². The molecule has 0 aromatic carbocycles. The van der Waals surface area contributed by atoms with Crippen LogP contribution in [0.2, 0.25) is 0 Å². The van der Waals surface area contributed by atoms with E-state index >= 15 is 0 Å². The van der Waals surface area contributed by atoms with Gasteiger partial charge in [0.2, 0.25) is 5.91 Å². The highest BCUT2D eigenvalue weighted by Crippen LogP contribution is 1.95. The SMILES string of the molecule is CCCCCNC(=O)C(C)NCc1nccn1C. The summed E-state index contributed by atoms with van der Waals surface area (Å²) in [6.45, 7) is 5.39. The normalized spacial score (nSPS) is 12.4. The zero-order valence-corrected chi connectivity index (χ0v) is 11.6. The summed E-state index contributed by atoms with van der Waals surface area (Å²) in [4.78, 5) is 16.0. The highest BCUT2D eigenvalue weighted by molar-refractivity contribution is 5.81. The Morgan fingerprint density at radius 3 is 2.89 bits per heavy atom. The monoisotopic (exact) mass is 252 g/mol. The Bertz CT molecular complexity index is 362. The first kappa shape index (κ1) is 14.7. The predicted molar refractivity (Wildman–Crippen MR) is 72.0 cm³/mol. The number of carbonyl (C=O) groups is 1. The molecule has 5 heteroatoms. The van der Waals surface area contributed by atoms with Crippen molar-refractivity contribution in [2.45, 2.75) is 45.7 Å². The van der Waals surface area contributed by atoms with Gasteiger partial charge < -0.3 is 9.88 Å². The molecule has 0 aliphatic rings. The standard InChI is InChI=1S/C13H24N4O/c1-4-5-6-7-15-13(18)11(2)16-10-12-14-8-9-17(12)3/h8-9,11,16H,4-7,10H2,1-3H3,(H,15,18). The molecule has 18 heavy (non-hydrogen) atoms. The molecule has 1 amide bonds. The van der Waals surface area contributed by atoms with Crippen molar-refractivity contribution in [1.29, 1.82) is 0 Å². The quantitative estimate of drug-likeness (QED) is 0.684. The Kier molecular flexibility index (Phi) is 6.43. The van der Waals surface area contributed by atoms with E-state index < -0.39 is 0 Å². The third kappa shape index (κ3) is 4.87. The van der Waals surface area contributed by atoms with E-state index in [0.717, 1.165) is 25.2 Å². The van der Waals surface area contributed by atoms with Crippen LogP contribution >= 0.6 is 0 Å². The van der Waals surface area contributed by atoms with E-state index in [1.54, 1.807) is 6.20 Å². The van der Waals surface area contributed by atoms with Crippen molar-refractivity contribution in [1.82, 2.24) is 20.2 Å². The number of imidazole rings is 1. The maximum atomic E-state index is 11.7. The zero-order valence-electron chi connectivity index (χ0n) is 11.6. The number of hydrogen-bond donors (Lipinski definition) is 2. The van der Waals surface area contributed by atoms with Gasteiger partial charge in [0.05, 0.1) is 12.6 Å². The molecule has 1 rings (SSSR count). The summed E-state index contributed by atoms with van der Waals surface area (Å²) in [7, 11) is 1.94. The van der Waals surface area contributed by atoms with Gasteiger partial charge in [0.15, 0.2) is 0 Å². The lowest BCUT2D eigenvalue weighted by atomic mass is 10.2. The van der Waals surface area contributed by atoms with Crippen LogP contribution in [0.4, 0.5) is 0 Å². The summed E-state index contributed by atoms with van der Waals surface area (Å²) in [6.07, 6.45) is 7.03. The van der Waals surface area contributed by atoms with E-state index in [1.807, 2.05) is 24.7 Å². The van der Waals surface area contributed by atoms with Crippen LogP contribution in [0.1, 0.15) is 38.9 Å². The molecule has 0 aliphatic heterocycles. The first-order valence-corrected chi connectivity index (χ1v) is 6.62. The maximum Gasteiger partial charge on any atom is 0.236 e. The van der Waals surface area contributed by atoms with Gasteiger partial charge in [-0.25, -0.2) is 4.98 Å². The number of unbranched alkanes of at least 4 members (excludes halogenated alkanes) is 2. The second-order valence-electron chi connectivity index (χ2n) is 4.56. The topological polar surface area (TPSA) is 59.0 Å². The molecule has 1 heterocycles. The third-order valence-electron chi connectivity index (χ3n) is 2.96. The van der Waals surface area contributed by atoms with Gasteiger partial charge >= 0.3 is 0 Å². The van der Waals surface area contributed by atoms with Gasteiger partial charge in [0, 0.05) is 26.0 Å². The van der Waals surface area contributed by atoms with Gasteiger partial charge in [-0.15, -0.1) is 0 Å². The average molecular weight is 252 g/mol. The number of nitrogens with zero attached hydrogens (tertiary/aromatic N) is 2. The Balaban J connectivity index is 2.21. The van der Waals surface area contributed by atoms with Crippen molar-refractivity contribution in [2.24, 2.45) is 7.05 Å². The minimum Gasteiger partial charge on any atom is -0.355 e. The van der Waals surface area contributed by atoms with Gasteiger partial charge in [-0.2, -0.15) is 0 Å². The van der Waals surface area contributed by atoms with Crippen LogP contribution in [0.25, 0.3) is 0 Å². The molecule has 0 spiro atoms. The second-order valence-corrected chi connectivity index (χ2v) is 4.56. The van der Waals surface area contributed by atoms with Gasteiger partial charge in [-0.05, 0) is 13.3 Å². The predicted octanol–water partition coefficient (Wildman–Crippen LogP) is 1.20. The van der Waals surface area contributed by atoms with Crippen LogP contribution in [0.3, 0.4) is 0 Å². The lowest BCUT2D eigenvalue weighted by molar-refractivity contribution is -0.122. The largest absolute Gasteiger partial charge is 0.355 e. The van der Waals surface area contributed by atoms with Gasteiger partial charge in [-0.3, -0.25) is 10.1 Å². The van der Waals surface area contributed by atoms with Crippen molar-refractivity contribution >= 4 is 5.91 Å². The number of aromatic nitrogens is 2. The summed E-state index contributed by atoms with van der Waals surface area (Å²) < 4.78 is 1.94.